The van der Waals surface area contributed by atoms with Crippen LogP contribution in [-0.4, -0.2) is 66.8 Å². The minimum atomic E-state index is -0.592. The summed E-state index contributed by atoms with van der Waals surface area (Å²) in [5.74, 6) is -1.44. The largest absolute Gasteiger partial charge is 0.462 e. The Bertz CT molecular complexity index is 702. The molecule has 9 heteroatoms. The highest BCUT2D eigenvalue weighted by Gasteiger charge is 2.28. The summed E-state index contributed by atoms with van der Waals surface area (Å²) in [6, 6.07) is 0. The molecule has 1 fully saturated rings. The van der Waals surface area contributed by atoms with Gasteiger partial charge in [-0.2, -0.15) is 0 Å². The molecule has 0 bridgehead atoms. The zero-order valence-corrected chi connectivity index (χ0v) is 16.7. The number of ether oxygens (including phenoxy) is 2. The lowest BCUT2D eigenvalue weighted by Gasteiger charge is -2.29. The van der Waals surface area contributed by atoms with Crippen LogP contribution in [0.1, 0.15) is 52.3 Å². The highest BCUT2D eigenvalue weighted by atomic mass is 32.1. The Kier molecular flexibility index (Phi) is 7.76. The molecule has 2 N–H and O–H groups in total. The van der Waals surface area contributed by atoms with Crippen molar-refractivity contribution < 1.29 is 29.0 Å². The molecule has 8 nitrogen and oxygen atoms in total. The summed E-state index contributed by atoms with van der Waals surface area (Å²) in [5.41, 5.74) is 0.609. The van der Waals surface area contributed by atoms with Gasteiger partial charge < -0.3 is 19.9 Å². The number of esters is 2. The molecular weight excluding hydrogens is 372 g/mol. The van der Waals surface area contributed by atoms with Gasteiger partial charge in [0.2, 0.25) is 5.91 Å². The van der Waals surface area contributed by atoms with E-state index in [2.05, 4.69) is 5.32 Å². The summed E-state index contributed by atoms with van der Waals surface area (Å²) in [6.45, 7) is 6.68. The third-order valence-corrected chi connectivity index (χ3v) is 5.38. The summed E-state index contributed by atoms with van der Waals surface area (Å²) in [7, 11) is 0. The Morgan fingerprint density at radius 1 is 1.22 bits per heavy atom. The molecule has 0 aromatic carbocycles. The number of aliphatic hydroxyl groups is 1. The van der Waals surface area contributed by atoms with Gasteiger partial charge in [0.15, 0.2) is 0 Å². The molecule has 1 saturated heterocycles. The molecule has 1 aliphatic rings. The molecule has 2 heterocycles. The summed E-state index contributed by atoms with van der Waals surface area (Å²) >= 11 is 1.00. The Balaban J connectivity index is 2.20. The molecule has 0 radical (unpaired) electrons. The number of likely N-dealkylation sites (tertiary alicyclic amines) is 1. The highest BCUT2D eigenvalue weighted by molar-refractivity contribution is 7.18. The van der Waals surface area contributed by atoms with Crippen LogP contribution < -0.4 is 5.32 Å². The van der Waals surface area contributed by atoms with Crippen molar-refractivity contribution in [2.24, 2.45) is 0 Å². The van der Waals surface area contributed by atoms with Crippen molar-refractivity contribution in [3.8, 4) is 0 Å². The average molecular weight is 398 g/mol. The van der Waals surface area contributed by atoms with E-state index in [1.807, 2.05) is 4.90 Å². The lowest BCUT2D eigenvalue weighted by molar-refractivity contribution is -0.118. The van der Waals surface area contributed by atoms with E-state index in [0.717, 1.165) is 30.7 Å². The number of rotatable bonds is 7. The molecule has 0 spiro atoms. The highest BCUT2D eigenvalue weighted by Crippen LogP contribution is 2.34. The summed E-state index contributed by atoms with van der Waals surface area (Å²) in [6.07, 6.45) is 1.13. The minimum absolute atomic E-state index is 0.102. The van der Waals surface area contributed by atoms with Crippen LogP contribution in [0.25, 0.3) is 0 Å². The predicted octanol–water partition coefficient (Wildman–Crippen LogP) is 1.81. The molecule has 2 rings (SSSR count). The van der Waals surface area contributed by atoms with Crippen LogP contribution in [0.4, 0.5) is 5.00 Å². The number of carbonyl (C=O) groups excluding carboxylic acids is 3. The standard InChI is InChI=1S/C18H26N2O6S/c1-4-25-17(23)14-11(3)15(18(24)26-5-2)27-16(14)19-13(22)10-20-8-6-7-12(21)9-20/h12,21H,4-10H2,1-3H3,(H,19,22). The van der Waals surface area contributed by atoms with E-state index in [1.54, 1.807) is 20.8 Å². The van der Waals surface area contributed by atoms with Gasteiger partial charge in [-0.05, 0) is 45.7 Å². The third-order valence-electron chi connectivity index (χ3n) is 4.19. The Labute approximate surface area is 162 Å². The molecule has 0 aliphatic carbocycles. The van der Waals surface area contributed by atoms with E-state index in [9.17, 15) is 19.5 Å². The second-order valence-corrected chi connectivity index (χ2v) is 7.30. The number of anilines is 1. The van der Waals surface area contributed by atoms with Crippen molar-refractivity contribution in [3.63, 3.8) is 0 Å². The van der Waals surface area contributed by atoms with Crippen molar-refractivity contribution in [2.75, 3.05) is 38.2 Å². The van der Waals surface area contributed by atoms with Crippen LogP contribution in [0.5, 0.6) is 0 Å². The fourth-order valence-electron chi connectivity index (χ4n) is 2.99. The molecule has 1 amide bonds. The zero-order chi connectivity index (χ0) is 20.0. The Morgan fingerprint density at radius 3 is 2.52 bits per heavy atom. The minimum Gasteiger partial charge on any atom is -0.462 e. The smallest absolute Gasteiger partial charge is 0.348 e. The number of nitrogens with zero attached hydrogens (tertiary/aromatic N) is 1. The number of nitrogens with one attached hydrogen (secondary N) is 1. The zero-order valence-electron chi connectivity index (χ0n) is 15.9. The number of hydrogen-bond acceptors (Lipinski definition) is 8. The van der Waals surface area contributed by atoms with Crippen LogP contribution in [0.2, 0.25) is 0 Å². The number of β-amino-alcohol motifs (C(OH)–C–C–N with tert-alkyl or cyclic N) is 1. The Hall–Kier alpha value is -1.97. The first kappa shape index (κ1) is 21.3. The van der Waals surface area contributed by atoms with Crippen molar-refractivity contribution in [1.29, 1.82) is 0 Å². The normalized spacial score (nSPS) is 17.4. The third kappa shape index (κ3) is 5.50. The molecule has 1 aromatic rings. The molecule has 1 aliphatic heterocycles. The molecule has 1 atom stereocenters. The van der Waals surface area contributed by atoms with Crippen LogP contribution >= 0.6 is 11.3 Å². The van der Waals surface area contributed by atoms with Gasteiger partial charge in [0.05, 0.1) is 31.4 Å². The number of carbonyl (C=O) groups is 3. The van der Waals surface area contributed by atoms with E-state index < -0.39 is 18.0 Å². The molecule has 0 saturated carbocycles. The second-order valence-electron chi connectivity index (χ2n) is 6.28. The maximum absolute atomic E-state index is 12.4. The fourth-order valence-corrected chi connectivity index (χ4v) is 4.09. The molecule has 150 valence electrons. The van der Waals surface area contributed by atoms with Gasteiger partial charge in [0.25, 0.3) is 0 Å². The van der Waals surface area contributed by atoms with Gasteiger partial charge in [0, 0.05) is 6.54 Å². The fraction of sp³-hybridized carbons (Fsp3) is 0.611. The lowest BCUT2D eigenvalue weighted by Crippen LogP contribution is -2.42. The number of aliphatic hydroxyl groups excluding tert-OH is 1. The van der Waals surface area contributed by atoms with E-state index in [0.29, 0.717) is 12.1 Å². The predicted molar refractivity (Wildman–Crippen MR) is 101 cm³/mol. The molecule has 1 aromatic heterocycles. The first-order valence-corrected chi connectivity index (χ1v) is 9.86. The van der Waals surface area contributed by atoms with Crippen molar-refractivity contribution in [2.45, 2.75) is 39.7 Å². The van der Waals surface area contributed by atoms with Crippen LogP contribution in [0.15, 0.2) is 0 Å². The van der Waals surface area contributed by atoms with Gasteiger partial charge in [-0.3, -0.25) is 9.69 Å². The SMILES string of the molecule is CCOC(=O)c1sc(NC(=O)CN2CCCC(O)C2)c(C(=O)OCC)c1C. The van der Waals surface area contributed by atoms with E-state index in [4.69, 9.17) is 9.47 Å². The van der Waals surface area contributed by atoms with E-state index in [1.165, 1.54) is 0 Å². The molecular formula is C18H26N2O6S. The number of piperidine rings is 1. The summed E-state index contributed by atoms with van der Waals surface area (Å²) in [4.78, 5) is 39.0. The lowest BCUT2D eigenvalue weighted by atomic mass is 10.1. The first-order valence-electron chi connectivity index (χ1n) is 9.05. The average Bonchev–Trinajstić information content (AvgIpc) is 2.91. The van der Waals surface area contributed by atoms with Crippen molar-refractivity contribution >= 4 is 34.2 Å². The molecule has 1 unspecified atom stereocenters. The quantitative estimate of drug-likeness (QED) is 0.675. The van der Waals surface area contributed by atoms with Gasteiger partial charge in [-0.25, -0.2) is 9.59 Å². The van der Waals surface area contributed by atoms with Crippen molar-refractivity contribution in [1.82, 2.24) is 4.90 Å². The maximum atomic E-state index is 12.4. The van der Waals surface area contributed by atoms with Gasteiger partial charge in [-0.15, -0.1) is 11.3 Å². The van der Waals surface area contributed by atoms with Crippen LogP contribution in [-0.2, 0) is 14.3 Å². The Morgan fingerprint density at radius 2 is 1.89 bits per heavy atom. The maximum Gasteiger partial charge on any atom is 0.348 e. The van der Waals surface area contributed by atoms with Gasteiger partial charge in [-0.1, -0.05) is 0 Å². The number of amides is 1. The number of thiophene rings is 1. The first-order chi connectivity index (χ1) is 12.9. The van der Waals surface area contributed by atoms with E-state index >= 15 is 0 Å². The van der Waals surface area contributed by atoms with Gasteiger partial charge >= 0.3 is 11.9 Å². The van der Waals surface area contributed by atoms with Crippen LogP contribution in [0.3, 0.4) is 0 Å². The van der Waals surface area contributed by atoms with Crippen molar-refractivity contribution in [3.05, 3.63) is 16.0 Å². The molecule has 27 heavy (non-hydrogen) atoms. The monoisotopic (exact) mass is 398 g/mol. The van der Waals surface area contributed by atoms with Gasteiger partial charge in [0.1, 0.15) is 9.88 Å². The topological polar surface area (TPSA) is 105 Å². The van der Waals surface area contributed by atoms with E-state index in [-0.39, 0.29) is 41.1 Å². The summed E-state index contributed by atoms with van der Waals surface area (Å²) in [5, 5.41) is 12.7. The number of hydrogen-bond donors (Lipinski definition) is 2. The van der Waals surface area contributed by atoms with Crippen LogP contribution in [0, 0.1) is 6.92 Å². The summed E-state index contributed by atoms with van der Waals surface area (Å²) < 4.78 is 10.1. The second kappa shape index (κ2) is 9.82.